The molecule has 2 aromatic rings. The maximum Gasteiger partial charge on any atom is 0.339 e. The second kappa shape index (κ2) is 4.40. The predicted octanol–water partition coefficient (Wildman–Crippen LogP) is 2.60. The SMILES string of the molecule is O=C(O)c1cncnc1-c1ccccc1Br. The fraction of sp³-hybridized carbons (Fsp3) is 0. The molecule has 0 saturated heterocycles. The third-order valence-electron chi connectivity index (χ3n) is 2.07. The lowest BCUT2D eigenvalue weighted by atomic mass is 10.1. The molecule has 0 radical (unpaired) electrons. The van der Waals surface area contributed by atoms with Crippen LogP contribution in [-0.4, -0.2) is 21.0 Å². The lowest BCUT2D eigenvalue weighted by Crippen LogP contribution is -2.02. The van der Waals surface area contributed by atoms with E-state index in [2.05, 4.69) is 25.9 Å². The zero-order valence-corrected chi connectivity index (χ0v) is 9.68. The Hall–Kier alpha value is -1.75. The van der Waals surface area contributed by atoms with E-state index in [0.717, 1.165) is 10.0 Å². The summed E-state index contributed by atoms with van der Waals surface area (Å²) in [5.74, 6) is -1.04. The van der Waals surface area contributed by atoms with E-state index >= 15 is 0 Å². The van der Waals surface area contributed by atoms with Gasteiger partial charge in [-0.2, -0.15) is 0 Å². The average molecular weight is 279 g/mol. The Labute approximate surface area is 100 Å². The van der Waals surface area contributed by atoms with Crippen LogP contribution >= 0.6 is 15.9 Å². The van der Waals surface area contributed by atoms with Crippen LogP contribution in [-0.2, 0) is 0 Å². The van der Waals surface area contributed by atoms with Crippen molar-refractivity contribution in [2.75, 3.05) is 0 Å². The van der Waals surface area contributed by atoms with E-state index in [-0.39, 0.29) is 5.56 Å². The number of benzene rings is 1. The fourth-order valence-corrected chi connectivity index (χ4v) is 1.83. The molecular formula is C11H7BrN2O2. The predicted molar refractivity (Wildman–Crippen MR) is 62.1 cm³/mol. The molecule has 5 heteroatoms. The summed E-state index contributed by atoms with van der Waals surface area (Å²) in [7, 11) is 0. The minimum absolute atomic E-state index is 0.0920. The number of aromatic carboxylic acids is 1. The Kier molecular flexibility index (Phi) is 2.96. The van der Waals surface area contributed by atoms with Crippen LogP contribution in [0.5, 0.6) is 0 Å². The molecule has 0 aliphatic carbocycles. The molecule has 0 atom stereocenters. The van der Waals surface area contributed by atoms with Gasteiger partial charge in [0, 0.05) is 16.2 Å². The summed E-state index contributed by atoms with van der Waals surface area (Å²) in [5, 5.41) is 9.02. The quantitative estimate of drug-likeness (QED) is 0.917. The molecule has 0 aliphatic rings. The van der Waals surface area contributed by atoms with Gasteiger partial charge in [-0.15, -0.1) is 0 Å². The van der Waals surface area contributed by atoms with Crippen LogP contribution in [0.1, 0.15) is 10.4 Å². The summed E-state index contributed by atoms with van der Waals surface area (Å²) < 4.78 is 0.802. The molecule has 0 aliphatic heterocycles. The third kappa shape index (κ3) is 1.94. The van der Waals surface area contributed by atoms with Gasteiger partial charge in [0.2, 0.25) is 0 Å². The van der Waals surface area contributed by atoms with Gasteiger partial charge in [0.1, 0.15) is 11.9 Å². The zero-order valence-electron chi connectivity index (χ0n) is 8.09. The first-order chi connectivity index (χ1) is 7.70. The first-order valence-corrected chi connectivity index (χ1v) is 5.27. The second-order valence-corrected chi connectivity index (χ2v) is 3.92. The molecule has 16 heavy (non-hydrogen) atoms. The van der Waals surface area contributed by atoms with Crippen molar-refractivity contribution in [2.45, 2.75) is 0 Å². The van der Waals surface area contributed by atoms with Gasteiger partial charge in [-0.3, -0.25) is 0 Å². The molecule has 4 nitrogen and oxygen atoms in total. The van der Waals surface area contributed by atoms with Crippen LogP contribution in [0.3, 0.4) is 0 Å². The smallest absolute Gasteiger partial charge is 0.339 e. The van der Waals surface area contributed by atoms with E-state index in [1.807, 2.05) is 18.2 Å². The van der Waals surface area contributed by atoms with Crippen LogP contribution in [0.4, 0.5) is 0 Å². The Morgan fingerprint density at radius 3 is 2.75 bits per heavy atom. The number of halogens is 1. The summed E-state index contributed by atoms with van der Waals surface area (Å²) in [5.41, 5.74) is 1.24. The number of nitrogens with zero attached hydrogens (tertiary/aromatic N) is 2. The lowest BCUT2D eigenvalue weighted by molar-refractivity contribution is 0.0697. The maximum atomic E-state index is 11.0. The highest BCUT2D eigenvalue weighted by Crippen LogP contribution is 2.28. The monoisotopic (exact) mass is 278 g/mol. The van der Waals surface area contributed by atoms with Crippen molar-refractivity contribution in [3.8, 4) is 11.3 Å². The molecule has 0 fully saturated rings. The van der Waals surface area contributed by atoms with Gasteiger partial charge < -0.3 is 5.11 Å². The van der Waals surface area contributed by atoms with Crippen molar-refractivity contribution in [3.05, 3.63) is 46.8 Å². The van der Waals surface area contributed by atoms with E-state index in [0.29, 0.717) is 5.69 Å². The van der Waals surface area contributed by atoms with Gasteiger partial charge in [-0.05, 0) is 6.07 Å². The zero-order chi connectivity index (χ0) is 11.5. The third-order valence-corrected chi connectivity index (χ3v) is 2.76. The van der Waals surface area contributed by atoms with Crippen molar-refractivity contribution in [3.63, 3.8) is 0 Å². The van der Waals surface area contributed by atoms with Crippen LogP contribution < -0.4 is 0 Å². The molecule has 1 heterocycles. The van der Waals surface area contributed by atoms with Gasteiger partial charge >= 0.3 is 5.97 Å². The number of hydrogen-bond acceptors (Lipinski definition) is 3. The Bertz CT molecular complexity index is 543. The van der Waals surface area contributed by atoms with E-state index in [4.69, 9.17) is 5.11 Å². The number of aromatic nitrogens is 2. The van der Waals surface area contributed by atoms with Crippen molar-refractivity contribution in [1.29, 1.82) is 0 Å². The topological polar surface area (TPSA) is 63.1 Å². The number of carboxylic acids is 1. The minimum atomic E-state index is -1.04. The standard InChI is InChI=1S/C11H7BrN2O2/c12-9-4-2-1-3-7(9)10-8(11(15)16)5-13-6-14-10/h1-6H,(H,15,16). The van der Waals surface area contributed by atoms with Crippen LogP contribution in [0.15, 0.2) is 41.3 Å². The molecule has 1 N–H and O–H groups in total. The molecule has 0 amide bonds. The average Bonchev–Trinajstić information content (AvgIpc) is 2.29. The Morgan fingerprint density at radius 2 is 2.06 bits per heavy atom. The van der Waals surface area contributed by atoms with Crippen molar-refractivity contribution >= 4 is 21.9 Å². The highest BCUT2D eigenvalue weighted by molar-refractivity contribution is 9.10. The molecule has 0 spiro atoms. The number of rotatable bonds is 2. The van der Waals surface area contributed by atoms with Crippen molar-refractivity contribution in [2.24, 2.45) is 0 Å². The normalized spacial score (nSPS) is 10.1. The second-order valence-electron chi connectivity index (χ2n) is 3.07. The minimum Gasteiger partial charge on any atom is -0.478 e. The van der Waals surface area contributed by atoms with Gasteiger partial charge in [-0.1, -0.05) is 34.1 Å². The number of carbonyl (C=O) groups is 1. The van der Waals surface area contributed by atoms with Crippen molar-refractivity contribution < 1.29 is 9.90 Å². The summed E-state index contributed by atoms with van der Waals surface area (Å²) in [4.78, 5) is 18.7. The van der Waals surface area contributed by atoms with Crippen LogP contribution in [0, 0.1) is 0 Å². The fourth-order valence-electron chi connectivity index (χ4n) is 1.35. The lowest BCUT2D eigenvalue weighted by Gasteiger charge is -2.05. The molecular weight excluding hydrogens is 272 g/mol. The molecule has 0 saturated carbocycles. The molecule has 80 valence electrons. The van der Waals surface area contributed by atoms with Crippen molar-refractivity contribution in [1.82, 2.24) is 9.97 Å². The van der Waals surface area contributed by atoms with Gasteiger partial charge in [-0.25, -0.2) is 14.8 Å². The molecule has 2 rings (SSSR count). The highest BCUT2D eigenvalue weighted by Gasteiger charge is 2.14. The molecule has 1 aromatic heterocycles. The summed E-state index contributed by atoms with van der Waals surface area (Å²) in [6.45, 7) is 0. The van der Waals surface area contributed by atoms with Gasteiger partial charge in [0.25, 0.3) is 0 Å². The summed E-state index contributed by atoms with van der Waals surface area (Å²) >= 11 is 3.36. The van der Waals surface area contributed by atoms with E-state index in [1.165, 1.54) is 12.5 Å². The van der Waals surface area contributed by atoms with E-state index in [1.54, 1.807) is 6.07 Å². The largest absolute Gasteiger partial charge is 0.478 e. The van der Waals surface area contributed by atoms with Gasteiger partial charge in [0.15, 0.2) is 0 Å². The summed E-state index contributed by atoms with van der Waals surface area (Å²) in [6, 6.07) is 7.32. The number of carboxylic acid groups (broad SMARTS) is 1. The molecule has 1 aromatic carbocycles. The molecule has 0 unspecified atom stereocenters. The summed E-state index contributed by atoms with van der Waals surface area (Å²) in [6.07, 6.45) is 2.63. The number of hydrogen-bond donors (Lipinski definition) is 1. The maximum absolute atomic E-state index is 11.0. The Balaban J connectivity index is 2.65. The van der Waals surface area contributed by atoms with Crippen LogP contribution in [0.25, 0.3) is 11.3 Å². The Morgan fingerprint density at radius 1 is 1.31 bits per heavy atom. The molecule has 0 bridgehead atoms. The van der Waals surface area contributed by atoms with E-state index < -0.39 is 5.97 Å². The first kappa shape index (κ1) is 10.8. The van der Waals surface area contributed by atoms with Gasteiger partial charge in [0.05, 0.1) is 5.69 Å². The van der Waals surface area contributed by atoms with E-state index in [9.17, 15) is 4.79 Å². The first-order valence-electron chi connectivity index (χ1n) is 4.48. The van der Waals surface area contributed by atoms with Crippen LogP contribution in [0.2, 0.25) is 0 Å². The highest BCUT2D eigenvalue weighted by atomic mass is 79.9.